The van der Waals surface area contributed by atoms with E-state index in [4.69, 9.17) is 15.0 Å². The first kappa shape index (κ1) is 36.8. The molecule has 1 heterocycles. The van der Waals surface area contributed by atoms with Crippen LogP contribution in [0.25, 0.3) is 111 Å². The van der Waals surface area contributed by atoms with Gasteiger partial charge in [-0.25, -0.2) is 15.0 Å². The molecule has 3 nitrogen and oxygen atoms in total. The summed E-state index contributed by atoms with van der Waals surface area (Å²) >= 11 is 0. The average molecular weight is 804 g/mol. The molecule has 1 aliphatic rings. The third-order valence-corrected chi connectivity index (χ3v) is 13.1. The fraction of sp³-hybridized carbons (Fsp3) is 0.0500. The van der Waals surface area contributed by atoms with E-state index in [2.05, 4.69) is 220 Å². The third kappa shape index (κ3) is 6.15. The van der Waals surface area contributed by atoms with Gasteiger partial charge >= 0.3 is 0 Å². The smallest absolute Gasteiger partial charge is 0.164 e. The standard InChI is InChI=1S/C60H41N3/c1-60(2)54-26-13-12-24-49(54)50-33-32-43(37-55(50)60)42-19-14-20-45(35-42)58-61-57(62-59(63-58)52-25-11-10-21-46(52)38-15-4-3-5-16-38)41-29-27-40(28-30-41)56-48-23-9-7-18-44(48)36-53-47-22-8-6-17-39(47)31-34-51(53)56/h3-37H,1-2H3. The first-order chi connectivity index (χ1) is 31.0. The lowest BCUT2D eigenvalue weighted by Crippen LogP contribution is -2.14. The van der Waals surface area contributed by atoms with Gasteiger partial charge in [-0.05, 0) is 106 Å². The van der Waals surface area contributed by atoms with Crippen molar-refractivity contribution in [2.45, 2.75) is 19.3 Å². The SMILES string of the molecule is CC1(C)c2ccccc2-c2ccc(-c3cccc(-c4nc(-c5ccc(-c6c7ccccc7cc7c6ccc6ccccc67)cc5)nc(-c5ccccc5-c5ccccc5)n4)c3)cc21. The molecule has 0 aliphatic heterocycles. The fourth-order valence-corrected chi connectivity index (χ4v) is 9.94. The van der Waals surface area contributed by atoms with Gasteiger partial charge in [0.2, 0.25) is 0 Å². The van der Waals surface area contributed by atoms with Gasteiger partial charge in [0.05, 0.1) is 0 Å². The molecule has 1 aromatic heterocycles. The van der Waals surface area contributed by atoms with E-state index >= 15 is 0 Å². The number of aromatic nitrogens is 3. The highest BCUT2D eigenvalue weighted by atomic mass is 15.0. The number of hydrogen-bond donors (Lipinski definition) is 0. The molecule has 0 fully saturated rings. The van der Waals surface area contributed by atoms with E-state index in [9.17, 15) is 0 Å². The second kappa shape index (κ2) is 14.6. The van der Waals surface area contributed by atoms with Crippen LogP contribution in [-0.4, -0.2) is 15.0 Å². The van der Waals surface area contributed by atoms with Crippen LogP contribution in [0.2, 0.25) is 0 Å². The molecule has 0 atom stereocenters. The van der Waals surface area contributed by atoms with Crippen LogP contribution in [0, 0.1) is 0 Å². The topological polar surface area (TPSA) is 38.7 Å². The van der Waals surface area contributed by atoms with Crippen LogP contribution in [0.5, 0.6) is 0 Å². The summed E-state index contributed by atoms with van der Waals surface area (Å²) in [5.41, 5.74) is 14.9. The van der Waals surface area contributed by atoms with Gasteiger partial charge in [0.25, 0.3) is 0 Å². The van der Waals surface area contributed by atoms with Crippen LogP contribution in [0.15, 0.2) is 212 Å². The molecule has 12 rings (SSSR count). The minimum absolute atomic E-state index is 0.0889. The summed E-state index contributed by atoms with van der Waals surface area (Å²) in [5, 5.41) is 7.44. The minimum Gasteiger partial charge on any atom is -0.208 e. The largest absolute Gasteiger partial charge is 0.208 e. The zero-order chi connectivity index (χ0) is 42.1. The van der Waals surface area contributed by atoms with Crippen LogP contribution >= 0.6 is 0 Å². The quantitative estimate of drug-likeness (QED) is 0.124. The Hall–Kier alpha value is -8.01. The number of rotatable bonds is 6. The Morgan fingerprint density at radius 1 is 0.286 bits per heavy atom. The van der Waals surface area contributed by atoms with Crippen molar-refractivity contribution in [3.63, 3.8) is 0 Å². The molecule has 0 saturated carbocycles. The molecule has 0 amide bonds. The molecule has 296 valence electrons. The lowest BCUT2D eigenvalue weighted by molar-refractivity contribution is 0.660. The van der Waals surface area contributed by atoms with Crippen molar-refractivity contribution in [3.8, 4) is 78.7 Å². The van der Waals surface area contributed by atoms with Crippen molar-refractivity contribution < 1.29 is 0 Å². The second-order valence-electron chi connectivity index (χ2n) is 17.2. The molecule has 0 radical (unpaired) electrons. The summed E-state index contributed by atoms with van der Waals surface area (Å²) in [6.45, 7) is 4.66. The van der Waals surface area contributed by atoms with Crippen LogP contribution in [0.1, 0.15) is 25.0 Å². The molecule has 0 unspecified atom stereocenters. The van der Waals surface area contributed by atoms with Gasteiger partial charge in [0, 0.05) is 22.1 Å². The molecular formula is C60H41N3. The second-order valence-corrected chi connectivity index (χ2v) is 17.2. The minimum atomic E-state index is -0.0889. The zero-order valence-corrected chi connectivity index (χ0v) is 35.0. The third-order valence-electron chi connectivity index (χ3n) is 13.1. The molecule has 1 aliphatic carbocycles. The molecule has 0 spiro atoms. The highest BCUT2D eigenvalue weighted by Crippen LogP contribution is 2.49. The summed E-state index contributed by atoms with van der Waals surface area (Å²) in [6.07, 6.45) is 0. The normalized spacial score (nSPS) is 12.7. The number of hydrogen-bond acceptors (Lipinski definition) is 3. The summed E-state index contributed by atoms with van der Waals surface area (Å²) in [5.74, 6) is 1.89. The van der Waals surface area contributed by atoms with E-state index in [1.807, 2.05) is 6.07 Å². The predicted molar refractivity (Wildman–Crippen MR) is 263 cm³/mol. The summed E-state index contributed by atoms with van der Waals surface area (Å²) < 4.78 is 0. The molecular weight excluding hydrogens is 763 g/mol. The highest BCUT2D eigenvalue weighted by Gasteiger charge is 2.35. The number of nitrogens with zero attached hydrogens (tertiary/aromatic N) is 3. The first-order valence-corrected chi connectivity index (χ1v) is 21.7. The lowest BCUT2D eigenvalue weighted by atomic mass is 9.81. The average Bonchev–Trinajstić information content (AvgIpc) is 3.58. The number of fused-ring (bicyclic) bond motifs is 7. The van der Waals surface area contributed by atoms with E-state index in [0.717, 1.165) is 38.9 Å². The Morgan fingerprint density at radius 2 is 0.857 bits per heavy atom. The van der Waals surface area contributed by atoms with Gasteiger partial charge in [-0.1, -0.05) is 208 Å². The highest BCUT2D eigenvalue weighted by molar-refractivity contribution is 6.20. The Bertz CT molecular complexity index is 3590. The summed E-state index contributed by atoms with van der Waals surface area (Å²) in [7, 11) is 0. The Balaban J connectivity index is 0.999. The summed E-state index contributed by atoms with van der Waals surface area (Å²) in [6, 6.07) is 76.2. The van der Waals surface area contributed by atoms with Gasteiger partial charge in [-0.2, -0.15) is 0 Å². The van der Waals surface area contributed by atoms with E-state index in [-0.39, 0.29) is 5.41 Å². The maximum atomic E-state index is 5.26. The van der Waals surface area contributed by atoms with Crippen molar-refractivity contribution >= 4 is 32.3 Å². The number of benzene rings is 10. The first-order valence-electron chi connectivity index (χ1n) is 21.7. The molecule has 0 saturated heterocycles. The van der Waals surface area contributed by atoms with Crippen LogP contribution in [0.4, 0.5) is 0 Å². The molecule has 3 heteroatoms. The van der Waals surface area contributed by atoms with Crippen molar-refractivity contribution in [3.05, 3.63) is 223 Å². The van der Waals surface area contributed by atoms with E-state index in [0.29, 0.717) is 17.5 Å². The van der Waals surface area contributed by atoms with Crippen LogP contribution in [-0.2, 0) is 5.41 Å². The van der Waals surface area contributed by atoms with E-state index in [1.165, 1.54) is 65.7 Å². The Labute approximate surface area is 367 Å². The maximum absolute atomic E-state index is 5.26. The monoisotopic (exact) mass is 803 g/mol. The van der Waals surface area contributed by atoms with Gasteiger partial charge in [-0.15, -0.1) is 0 Å². The van der Waals surface area contributed by atoms with Gasteiger partial charge < -0.3 is 0 Å². The van der Waals surface area contributed by atoms with Crippen LogP contribution in [0.3, 0.4) is 0 Å². The molecule has 0 N–H and O–H groups in total. The van der Waals surface area contributed by atoms with E-state index in [1.54, 1.807) is 0 Å². The van der Waals surface area contributed by atoms with Crippen LogP contribution < -0.4 is 0 Å². The lowest BCUT2D eigenvalue weighted by Gasteiger charge is -2.22. The predicted octanol–water partition coefficient (Wildman–Crippen LogP) is 15.6. The summed E-state index contributed by atoms with van der Waals surface area (Å²) in [4.78, 5) is 15.8. The van der Waals surface area contributed by atoms with Gasteiger partial charge in [0.15, 0.2) is 17.5 Å². The maximum Gasteiger partial charge on any atom is 0.164 e. The van der Waals surface area contributed by atoms with Gasteiger partial charge in [-0.3, -0.25) is 0 Å². The Kier molecular flexibility index (Phi) is 8.52. The molecule has 11 aromatic rings. The fourth-order valence-electron chi connectivity index (χ4n) is 9.94. The molecule has 0 bridgehead atoms. The van der Waals surface area contributed by atoms with E-state index < -0.39 is 0 Å². The van der Waals surface area contributed by atoms with Crippen molar-refractivity contribution in [1.82, 2.24) is 15.0 Å². The molecule has 10 aromatic carbocycles. The van der Waals surface area contributed by atoms with Crippen molar-refractivity contribution in [2.75, 3.05) is 0 Å². The van der Waals surface area contributed by atoms with Crippen molar-refractivity contribution in [1.29, 1.82) is 0 Å². The van der Waals surface area contributed by atoms with Crippen molar-refractivity contribution in [2.24, 2.45) is 0 Å². The molecule has 63 heavy (non-hydrogen) atoms. The zero-order valence-electron chi connectivity index (χ0n) is 35.0. The van der Waals surface area contributed by atoms with Gasteiger partial charge in [0.1, 0.15) is 0 Å². The Morgan fingerprint density at radius 3 is 1.68 bits per heavy atom.